The molecule has 0 aromatic rings. The molecule has 0 aromatic carbocycles. The fourth-order valence-electron chi connectivity index (χ4n) is 2.31. The number of primary amides is 1. The molecule has 0 radical (unpaired) electrons. The monoisotopic (exact) mass is 257 g/mol. The zero-order valence-electron chi connectivity index (χ0n) is 9.85. The van der Waals surface area contributed by atoms with Gasteiger partial charge in [-0.1, -0.05) is 0 Å². The summed E-state index contributed by atoms with van der Waals surface area (Å²) in [6, 6.07) is 0.286. The third kappa shape index (κ3) is 3.35. The maximum absolute atomic E-state index is 12.0. The van der Waals surface area contributed by atoms with Crippen molar-refractivity contribution in [1.82, 2.24) is 10.2 Å². The molecular weight excluding hydrogens is 238 g/mol. The van der Waals surface area contributed by atoms with Gasteiger partial charge in [-0.15, -0.1) is 0 Å². The molecule has 0 bridgehead atoms. The molecule has 2 atom stereocenters. The van der Waals surface area contributed by atoms with Crippen LogP contribution in [-0.4, -0.2) is 53.9 Å². The van der Waals surface area contributed by atoms with E-state index in [0.717, 1.165) is 18.1 Å². The summed E-state index contributed by atoms with van der Waals surface area (Å²) >= 11 is 1.89. The molecule has 0 aromatic heterocycles. The molecule has 6 heteroatoms. The van der Waals surface area contributed by atoms with Crippen molar-refractivity contribution in [2.24, 2.45) is 11.7 Å². The van der Waals surface area contributed by atoms with Crippen LogP contribution in [0, 0.1) is 5.92 Å². The van der Waals surface area contributed by atoms with Crippen LogP contribution < -0.4 is 11.1 Å². The van der Waals surface area contributed by atoms with E-state index in [1.807, 2.05) is 11.8 Å². The van der Waals surface area contributed by atoms with E-state index in [-0.39, 0.29) is 23.8 Å². The van der Waals surface area contributed by atoms with Crippen molar-refractivity contribution in [3.63, 3.8) is 0 Å². The summed E-state index contributed by atoms with van der Waals surface area (Å²) in [4.78, 5) is 24.8. The molecule has 96 valence electrons. The van der Waals surface area contributed by atoms with Crippen molar-refractivity contribution < 1.29 is 9.59 Å². The number of hydrogen-bond donors (Lipinski definition) is 2. The standard InChI is InChI=1S/C11H19N3O2S/c12-11(16)8-1-3-14(6-8)10(15)5-9-7-17-4-2-13-9/h8-9,13H,1-7H2,(H2,12,16). The first-order chi connectivity index (χ1) is 8.16. The fourth-order valence-corrected chi connectivity index (χ4v) is 3.26. The van der Waals surface area contributed by atoms with Gasteiger partial charge in [-0.25, -0.2) is 0 Å². The summed E-state index contributed by atoms with van der Waals surface area (Å²) in [7, 11) is 0. The molecular formula is C11H19N3O2S. The Morgan fingerprint density at radius 3 is 2.88 bits per heavy atom. The van der Waals surface area contributed by atoms with Gasteiger partial charge in [-0.2, -0.15) is 11.8 Å². The minimum Gasteiger partial charge on any atom is -0.369 e. The van der Waals surface area contributed by atoms with E-state index in [0.29, 0.717) is 25.9 Å². The maximum atomic E-state index is 12.0. The van der Waals surface area contributed by atoms with Crippen molar-refractivity contribution in [2.75, 3.05) is 31.1 Å². The van der Waals surface area contributed by atoms with Crippen molar-refractivity contribution in [1.29, 1.82) is 0 Å². The Bertz CT molecular complexity index is 305. The molecule has 3 N–H and O–H groups in total. The molecule has 2 unspecified atom stereocenters. The van der Waals surface area contributed by atoms with Crippen LogP contribution in [0.1, 0.15) is 12.8 Å². The number of amides is 2. The molecule has 2 fully saturated rings. The number of thioether (sulfide) groups is 1. The van der Waals surface area contributed by atoms with Crippen LogP contribution in [0.2, 0.25) is 0 Å². The highest BCUT2D eigenvalue weighted by Gasteiger charge is 2.30. The first-order valence-electron chi connectivity index (χ1n) is 6.05. The Kier molecular flexibility index (Phi) is 4.28. The van der Waals surface area contributed by atoms with Gasteiger partial charge in [0.1, 0.15) is 0 Å². The van der Waals surface area contributed by atoms with Gasteiger partial charge in [-0.05, 0) is 6.42 Å². The van der Waals surface area contributed by atoms with E-state index >= 15 is 0 Å². The zero-order valence-corrected chi connectivity index (χ0v) is 10.7. The van der Waals surface area contributed by atoms with Gasteiger partial charge in [0.15, 0.2) is 0 Å². The van der Waals surface area contributed by atoms with E-state index in [4.69, 9.17) is 5.73 Å². The number of carbonyl (C=O) groups excluding carboxylic acids is 2. The molecule has 17 heavy (non-hydrogen) atoms. The lowest BCUT2D eigenvalue weighted by Crippen LogP contribution is -2.42. The Morgan fingerprint density at radius 1 is 1.47 bits per heavy atom. The van der Waals surface area contributed by atoms with Gasteiger partial charge in [0.05, 0.1) is 5.92 Å². The van der Waals surface area contributed by atoms with Crippen LogP contribution in [0.25, 0.3) is 0 Å². The summed E-state index contributed by atoms with van der Waals surface area (Å²) in [6.45, 7) is 2.16. The highest BCUT2D eigenvalue weighted by atomic mass is 32.2. The number of nitrogens with one attached hydrogen (secondary N) is 1. The molecule has 2 aliphatic heterocycles. The van der Waals surface area contributed by atoms with E-state index in [2.05, 4.69) is 5.32 Å². The minimum atomic E-state index is -0.286. The number of likely N-dealkylation sites (tertiary alicyclic amines) is 1. The smallest absolute Gasteiger partial charge is 0.224 e. The summed E-state index contributed by atoms with van der Waals surface area (Å²) in [5.41, 5.74) is 5.25. The lowest BCUT2D eigenvalue weighted by Gasteiger charge is -2.25. The first-order valence-corrected chi connectivity index (χ1v) is 7.20. The Balaban J connectivity index is 1.78. The number of carbonyl (C=O) groups is 2. The topological polar surface area (TPSA) is 75.4 Å². The van der Waals surface area contributed by atoms with Gasteiger partial charge in [0.25, 0.3) is 0 Å². The SMILES string of the molecule is NC(=O)C1CCN(C(=O)CC2CSCCN2)C1. The summed E-state index contributed by atoms with van der Waals surface area (Å²) in [5.74, 6) is 1.84. The second-order valence-electron chi connectivity index (χ2n) is 4.66. The lowest BCUT2D eigenvalue weighted by atomic mass is 10.1. The highest BCUT2D eigenvalue weighted by molar-refractivity contribution is 7.99. The van der Waals surface area contributed by atoms with Crippen LogP contribution in [0.15, 0.2) is 0 Å². The van der Waals surface area contributed by atoms with Crippen LogP contribution in [0.5, 0.6) is 0 Å². The summed E-state index contributed by atoms with van der Waals surface area (Å²) in [6.07, 6.45) is 1.26. The molecule has 2 rings (SSSR count). The average Bonchev–Trinajstić information content (AvgIpc) is 2.79. The van der Waals surface area contributed by atoms with E-state index < -0.39 is 0 Å². The highest BCUT2D eigenvalue weighted by Crippen LogP contribution is 2.18. The van der Waals surface area contributed by atoms with Crippen molar-refractivity contribution in [3.05, 3.63) is 0 Å². The minimum absolute atomic E-state index is 0.146. The quantitative estimate of drug-likeness (QED) is 0.709. The molecule has 5 nitrogen and oxygen atoms in total. The fraction of sp³-hybridized carbons (Fsp3) is 0.818. The van der Waals surface area contributed by atoms with Gasteiger partial charge < -0.3 is 16.0 Å². The first kappa shape index (κ1) is 12.7. The predicted molar refractivity (Wildman–Crippen MR) is 67.6 cm³/mol. The molecule has 0 saturated carbocycles. The summed E-state index contributed by atoms with van der Waals surface area (Å²) in [5, 5.41) is 3.35. The van der Waals surface area contributed by atoms with Crippen molar-refractivity contribution >= 4 is 23.6 Å². The van der Waals surface area contributed by atoms with Gasteiger partial charge in [-0.3, -0.25) is 9.59 Å². The van der Waals surface area contributed by atoms with Crippen LogP contribution in [0.3, 0.4) is 0 Å². The van der Waals surface area contributed by atoms with Crippen molar-refractivity contribution in [3.8, 4) is 0 Å². The van der Waals surface area contributed by atoms with Crippen LogP contribution in [0.4, 0.5) is 0 Å². The normalized spacial score (nSPS) is 29.3. The van der Waals surface area contributed by atoms with E-state index in [9.17, 15) is 9.59 Å². The second kappa shape index (κ2) is 5.73. The predicted octanol–water partition coefficient (Wildman–Crippen LogP) is -0.585. The number of nitrogens with two attached hydrogens (primary N) is 1. The molecule has 0 spiro atoms. The second-order valence-corrected chi connectivity index (χ2v) is 5.81. The third-order valence-electron chi connectivity index (χ3n) is 3.36. The van der Waals surface area contributed by atoms with Gasteiger partial charge in [0.2, 0.25) is 11.8 Å². The lowest BCUT2D eigenvalue weighted by molar-refractivity contribution is -0.130. The number of rotatable bonds is 3. The maximum Gasteiger partial charge on any atom is 0.224 e. The largest absolute Gasteiger partial charge is 0.369 e. The van der Waals surface area contributed by atoms with Crippen molar-refractivity contribution in [2.45, 2.75) is 18.9 Å². The average molecular weight is 257 g/mol. The Hall–Kier alpha value is -0.750. The Labute approximate surface area is 105 Å². The molecule has 2 saturated heterocycles. The molecule has 0 aliphatic carbocycles. The van der Waals surface area contributed by atoms with Gasteiger partial charge in [0, 0.05) is 43.6 Å². The molecule has 2 amide bonds. The Morgan fingerprint density at radius 2 is 2.29 bits per heavy atom. The summed E-state index contributed by atoms with van der Waals surface area (Å²) < 4.78 is 0. The number of nitrogens with zero attached hydrogens (tertiary/aromatic N) is 1. The van der Waals surface area contributed by atoms with Crippen LogP contribution >= 0.6 is 11.8 Å². The third-order valence-corrected chi connectivity index (χ3v) is 4.49. The van der Waals surface area contributed by atoms with Gasteiger partial charge >= 0.3 is 0 Å². The van der Waals surface area contributed by atoms with E-state index in [1.54, 1.807) is 4.90 Å². The molecule has 2 aliphatic rings. The van der Waals surface area contributed by atoms with Crippen LogP contribution in [-0.2, 0) is 9.59 Å². The van der Waals surface area contributed by atoms with E-state index in [1.165, 1.54) is 0 Å². The molecule has 2 heterocycles. The number of hydrogen-bond acceptors (Lipinski definition) is 4. The zero-order chi connectivity index (χ0) is 12.3.